The quantitative estimate of drug-likeness (QED) is 0.0487. The van der Waals surface area contributed by atoms with Gasteiger partial charge >= 0.3 is 5.97 Å². The minimum Gasteiger partial charge on any atom is -0.477 e. The van der Waals surface area contributed by atoms with Crippen molar-refractivity contribution in [3.05, 3.63) is 166 Å². The molecular weight excluding hydrogens is 751 g/mol. The van der Waals surface area contributed by atoms with E-state index < -0.39 is 34.8 Å². The van der Waals surface area contributed by atoms with Gasteiger partial charge in [0.05, 0.1) is 0 Å². The highest BCUT2D eigenvalue weighted by atomic mass is 32.2. The number of rotatable bonds is 11. The summed E-state index contributed by atoms with van der Waals surface area (Å²) in [4.78, 5) is 70.5. The van der Waals surface area contributed by atoms with Crippen LogP contribution in [0.25, 0.3) is 5.57 Å². The Balaban J connectivity index is 1.16. The number of nitrogens with one attached hydrogen (secondary N) is 2. The number of nitrogens with zero attached hydrogens (tertiary/aromatic N) is 4. The number of thiazole rings is 1. The fourth-order valence-corrected chi connectivity index (χ4v) is 9.11. The molecule has 3 aromatic carbocycles. The van der Waals surface area contributed by atoms with Crippen LogP contribution in [0.1, 0.15) is 34.4 Å². The van der Waals surface area contributed by atoms with Gasteiger partial charge in [-0.3, -0.25) is 24.3 Å². The summed E-state index contributed by atoms with van der Waals surface area (Å²) in [7, 11) is 0. The van der Waals surface area contributed by atoms with Crippen LogP contribution in [0, 0.1) is 0 Å². The summed E-state index contributed by atoms with van der Waals surface area (Å²) < 4.78 is 0. The molecule has 5 aromatic rings. The van der Waals surface area contributed by atoms with Gasteiger partial charge in [-0.25, -0.2) is 9.78 Å². The smallest absolute Gasteiger partial charge is 0.352 e. The molecule has 0 spiro atoms. The maximum absolute atomic E-state index is 14.3. The van der Waals surface area contributed by atoms with Gasteiger partial charge in [-0.2, -0.15) is 0 Å². The fourth-order valence-electron chi connectivity index (χ4n) is 7.21. The molecule has 0 saturated carbocycles. The van der Waals surface area contributed by atoms with Gasteiger partial charge in [0.2, 0.25) is 11.5 Å². The summed E-state index contributed by atoms with van der Waals surface area (Å²) in [5.74, 6) is -2.91. The first kappa shape index (κ1) is 36.4. The highest BCUT2D eigenvalue weighted by Gasteiger charge is 2.55. The molecule has 5 heterocycles. The van der Waals surface area contributed by atoms with Crippen LogP contribution in [-0.4, -0.2) is 73.1 Å². The molecule has 3 amide bonds. The minimum atomic E-state index is -1.34. The van der Waals surface area contributed by atoms with Crippen LogP contribution in [0.4, 0.5) is 5.13 Å². The molecule has 8 rings (SSSR count). The zero-order valence-corrected chi connectivity index (χ0v) is 31.1. The number of hydrogen-bond acceptors (Lipinski definition) is 11. The maximum Gasteiger partial charge on any atom is 0.352 e. The maximum atomic E-state index is 14.3. The predicted molar refractivity (Wildman–Crippen MR) is 212 cm³/mol. The number of amides is 3. The SMILES string of the molecule is Nc1nc(C(=NOC(c2ccccc2)(c2ccccc2)c2ccccc2)C(=O)N[C@@H]2C(=O)N3C(C(=O)O)=C(C(=C4CCNC4=O)c4cccnc4)CS[C@H]23)cs1. The molecule has 2 aromatic heterocycles. The Labute approximate surface area is 329 Å². The van der Waals surface area contributed by atoms with E-state index in [4.69, 9.17) is 10.6 Å². The molecule has 0 unspecified atom stereocenters. The lowest BCUT2D eigenvalue weighted by molar-refractivity contribution is -0.150. The first-order chi connectivity index (χ1) is 27.3. The Morgan fingerprint density at radius 3 is 2.11 bits per heavy atom. The number of pyridine rings is 1. The molecule has 56 heavy (non-hydrogen) atoms. The number of thioether (sulfide) groups is 1. The molecule has 13 nitrogen and oxygen atoms in total. The number of nitrogens with two attached hydrogens (primary N) is 1. The van der Waals surface area contributed by atoms with Crippen molar-refractivity contribution in [3.8, 4) is 0 Å². The van der Waals surface area contributed by atoms with Crippen LogP contribution in [0.2, 0.25) is 0 Å². The highest BCUT2D eigenvalue weighted by molar-refractivity contribution is 8.00. The summed E-state index contributed by atoms with van der Waals surface area (Å²) in [5.41, 5.74) is 8.29. The van der Waals surface area contributed by atoms with E-state index in [9.17, 15) is 24.3 Å². The van der Waals surface area contributed by atoms with Gasteiger partial charge in [0.15, 0.2) is 10.8 Å². The van der Waals surface area contributed by atoms with Crippen LogP contribution < -0.4 is 16.4 Å². The van der Waals surface area contributed by atoms with Crippen molar-refractivity contribution < 1.29 is 29.1 Å². The van der Waals surface area contributed by atoms with Gasteiger partial charge in [0, 0.05) is 63.5 Å². The van der Waals surface area contributed by atoms with Gasteiger partial charge in [-0.15, -0.1) is 23.1 Å². The van der Waals surface area contributed by atoms with E-state index >= 15 is 0 Å². The normalized spacial score (nSPS) is 19.1. The molecule has 3 aliphatic rings. The summed E-state index contributed by atoms with van der Waals surface area (Å²) in [6.07, 6.45) is 3.53. The molecule has 3 aliphatic heterocycles. The van der Waals surface area contributed by atoms with E-state index in [1.165, 1.54) is 16.7 Å². The first-order valence-corrected chi connectivity index (χ1v) is 19.5. The van der Waals surface area contributed by atoms with Crippen molar-refractivity contribution in [1.29, 1.82) is 0 Å². The molecule has 2 fully saturated rings. The minimum absolute atomic E-state index is 0.129. The Morgan fingerprint density at radius 2 is 1.59 bits per heavy atom. The monoisotopic (exact) mass is 783 g/mol. The molecule has 2 atom stereocenters. The number of anilines is 1. The van der Waals surface area contributed by atoms with E-state index in [0.717, 1.165) is 28.0 Å². The van der Waals surface area contributed by atoms with Gasteiger partial charge in [-0.05, 0) is 18.1 Å². The van der Waals surface area contributed by atoms with Crippen molar-refractivity contribution in [1.82, 2.24) is 25.5 Å². The van der Waals surface area contributed by atoms with E-state index in [0.29, 0.717) is 35.2 Å². The lowest BCUT2D eigenvalue weighted by atomic mass is 9.80. The second kappa shape index (κ2) is 15.3. The highest BCUT2D eigenvalue weighted by Crippen LogP contribution is 2.46. The van der Waals surface area contributed by atoms with Crippen LogP contribution in [0.3, 0.4) is 0 Å². The number of carboxylic acids is 1. The number of aromatic nitrogens is 2. The Hall–Kier alpha value is -6.58. The largest absolute Gasteiger partial charge is 0.477 e. The van der Waals surface area contributed by atoms with Crippen LogP contribution >= 0.6 is 23.1 Å². The zero-order valence-electron chi connectivity index (χ0n) is 29.5. The van der Waals surface area contributed by atoms with E-state index in [-0.39, 0.29) is 33.9 Å². The molecule has 2 saturated heterocycles. The number of oxime groups is 1. The number of carbonyl (C=O) groups excluding carboxylic acids is 3. The van der Waals surface area contributed by atoms with Crippen molar-refractivity contribution in [2.24, 2.45) is 5.16 Å². The number of benzene rings is 3. The zero-order chi connectivity index (χ0) is 38.8. The number of hydrogen-bond donors (Lipinski definition) is 4. The lowest BCUT2D eigenvalue weighted by Crippen LogP contribution is -2.71. The van der Waals surface area contributed by atoms with Gasteiger partial charge in [0.25, 0.3) is 11.8 Å². The summed E-state index contributed by atoms with van der Waals surface area (Å²) in [6, 6.07) is 30.8. The number of carbonyl (C=O) groups is 4. The second-order valence-corrected chi connectivity index (χ2v) is 15.0. The number of nitrogen functional groups attached to an aromatic ring is 1. The fraction of sp³-hybridized carbons (Fsp3) is 0.146. The number of aliphatic carboxylic acids is 1. The molecular formula is C41H33N7O6S2. The Bertz CT molecular complexity index is 2320. The molecule has 15 heteroatoms. The van der Waals surface area contributed by atoms with Gasteiger partial charge in [0.1, 0.15) is 22.8 Å². The molecule has 5 N–H and O–H groups in total. The molecule has 0 aliphatic carbocycles. The number of β-lactam (4-membered cyclic amide) rings is 1. The van der Waals surface area contributed by atoms with Crippen molar-refractivity contribution in [2.75, 3.05) is 18.0 Å². The third kappa shape index (κ3) is 6.50. The Morgan fingerprint density at radius 1 is 0.946 bits per heavy atom. The van der Waals surface area contributed by atoms with E-state index in [1.54, 1.807) is 29.9 Å². The van der Waals surface area contributed by atoms with Crippen molar-refractivity contribution >= 4 is 63.2 Å². The third-order valence-corrected chi connectivity index (χ3v) is 11.7. The Kier molecular flexibility index (Phi) is 9.93. The predicted octanol–water partition coefficient (Wildman–Crippen LogP) is 4.55. The van der Waals surface area contributed by atoms with Gasteiger partial charge in [-0.1, -0.05) is 102 Å². The number of fused-ring (bicyclic) bond motifs is 1. The number of carboxylic acid groups (broad SMARTS) is 1. The van der Waals surface area contributed by atoms with Crippen molar-refractivity contribution in [2.45, 2.75) is 23.4 Å². The standard InChI is InChI=1S/C41H33N7O6S2/c42-40-45-30(23-56-40)32(47-54-41(25-12-4-1-5-13-25,26-14-6-2-7-15-26)27-16-8-3-9-17-27)36(50)46-33-37(51)48-34(39(52)53)29(22-55-38(33)48)31(24-11-10-19-43-21-24)28-18-20-44-35(28)49/h1-17,19,21,23,33,38H,18,20,22H2,(H2,42,45)(H,44,49)(H,46,50)(H,52,53)/t33-,38-/m1/s1. The summed E-state index contributed by atoms with van der Waals surface area (Å²) >= 11 is 2.39. The lowest BCUT2D eigenvalue weighted by Gasteiger charge is -2.49. The van der Waals surface area contributed by atoms with Crippen LogP contribution in [0.15, 0.2) is 143 Å². The van der Waals surface area contributed by atoms with E-state index in [2.05, 4.69) is 25.8 Å². The molecule has 280 valence electrons. The number of allylic oxidation sites excluding steroid dienone is 1. The molecule has 0 bridgehead atoms. The average molecular weight is 784 g/mol. The average Bonchev–Trinajstić information content (AvgIpc) is 3.87. The third-order valence-electron chi connectivity index (χ3n) is 9.74. The van der Waals surface area contributed by atoms with E-state index in [1.807, 2.05) is 91.0 Å². The van der Waals surface area contributed by atoms with Crippen LogP contribution in [-0.2, 0) is 29.6 Å². The topological polar surface area (TPSA) is 189 Å². The van der Waals surface area contributed by atoms with Crippen LogP contribution in [0.5, 0.6) is 0 Å². The first-order valence-electron chi connectivity index (χ1n) is 17.6. The summed E-state index contributed by atoms with van der Waals surface area (Å²) in [6.45, 7) is 0.404. The van der Waals surface area contributed by atoms with Gasteiger partial charge < -0.3 is 26.3 Å². The van der Waals surface area contributed by atoms with Crippen molar-refractivity contribution in [3.63, 3.8) is 0 Å². The molecule has 0 radical (unpaired) electrons. The summed E-state index contributed by atoms with van der Waals surface area (Å²) in [5, 5.41) is 21.6. The second-order valence-electron chi connectivity index (χ2n) is 13.0.